The van der Waals surface area contributed by atoms with E-state index in [0.29, 0.717) is 0 Å². The van der Waals surface area contributed by atoms with Gasteiger partial charge in [-0.3, -0.25) is 0 Å². The molecule has 0 fully saturated rings. The predicted octanol–water partition coefficient (Wildman–Crippen LogP) is 6.23. The monoisotopic (exact) mass is 305 g/mol. The minimum Gasteiger partial charge on any atom is -0.478 e. The standard InChI is InChI=1S/C20H35NO/c1-4-5-6-7-8-9-10-11-12-13-14-15-16-17-19-21-20(2,3)18-22-19/h6-7,9-10H,4-5,8,11-18H2,1-3H3/b7-6+,10-9+. The van der Waals surface area contributed by atoms with E-state index in [0.717, 1.165) is 25.3 Å². The predicted molar refractivity (Wildman–Crippen MR) is 97.6 cm³/mol. The van der Waals surface area contributed by atoms with Crippen molar-refractivity contribution in [2.75, 3.05) is 6.61 Å². The van der Waals surface area contributed by atoms with Gasteiger partial charge in [-0.25, -0.2) is 4.99 Å². The molecule has 0 radical (unpaired) electrons. The molecule has 0 atom stereocenters. The molecule has 0 aromatic rings. The second-order valence-corrected chi connectivity index (χ2v) is 6.88. The number of rotatable bonds is 12. The van der Waals surface area contributed by atoms with E-state index in [2.05, 4.69) is 50.1 Å². The maximum Gasteiger partial charge on any atom is 0.183 e. The van der Waals surface area contributed by atoms with Crippen molar-refractivity contribution < 1.29 is 4.74 Å². The lowest BCUT2D eigenvalue weighted by Crippen LogP contribution is -2.17. The van der Waals surface area contributed by atoms with Gasteiger partial charge in [-0.2, -0.15) is 0 Å². The molecular formula is C20H35NO. The highest BCUT2D eigenvalue weighted by Crippen LogP contribution is 2.19. The zero-order chi connectivity index (χ0) is 16.1. The number of hydrogen-bond acceptors (Lipinski definition) is 2. The number of unbranched alkanes of at least 4 members (excludes halogenated alkanes) is 6. The van der Waals surface area contributed by atoms with Crippen LogP contribution in [-0.2, 0) is 4.74 Å². The lowest BCUT2D eigenvalue weighted by atomic mass is 10.1. The highest BCUT2D eigenvalue weighted by molar-refractivity contribution is 5.78. The van der Waals surface area contributed by atoms with Crippen LogP contribution in [0.4, 0.5) is 0 Å². The Morgan fingerprint density at radius 3 is 2.32 bits per heavy atom. The van der Waals surface area contributed by atoms with Crippen molar-refractivity contribution in [2.24, 2.45) is 4.99 Å². The third-order valence-corrected chi connectivity index (χ3v) is 3.84. The van der Waals surface area contributed by atoms with Crippen LogP contribution < -0.4 is 0 Å². The minimum absolute atomic E-state index is 0.00734. The van der Waals surface area contributed by atoms with E-state index in [1.807, 2.05) is 0 Å². The van der Waals surface area contributed by atoms with E-state index < -0.39 is 0 Å². The quantitative estimate of drug-likeness (QED) is 0.309. The van der Waals surface area contributed by atoms with Crippen LogP contribution in [0.1, 0.15) is 85.0 Å². The Morgan fingerprint density at radius 1 is 0.955 bits per heavy atom. The summed E-state index contributed by atoms with van der Waals surface area (Å²) in [6, 6.07) is 0. The van der Waals surface area contributed by atoms with Gasteiger partial charge in [0.05, 0.1) is 5.54 Å². The molecule has 0 bridgehead atoms. The maximum absolute atomic E-state index is 5.61. The first kappa shape index (κ1) is 19.0. The van der Waals surface area contributed by atoms with Gasteiger partial charge in [0.25, 0.3) is 0 Å². The normalized spacial score (nSPS) is 17.3. The molecular weight excluding hydrogens is 270 g/mol. The summed E-state index contributed by atoms with van der Waals surface area (Å²) < 4.78 is 5.61. The summed E-state index contributed by atoms with van der Waals surface area (Å²) in [6.07, 6.45) is 21.5. The molecule has 1 rings (SSSR count). The number of ether oxygens (including phenoxy) is 1. The minimum atomic E-state index is 0.00734. The van der Waals surface area contributed by atoms with Crippen molar-refractivity contribution in [1.29, 1.82) is 0 Å². The molecule has 0 saturated carbocycles. The van der Waals surface area contributed by atoms with Crippen LogP contribution in [0.5, 0.6) is 0 Å². The van der Waals surface area contributed by atoms with Crippen LogP contribution in [0, 0.1) is 0 Å². The summed E-state index contributed by atoms with van der Waals surface area (Å²) in [6.45, 7) is 7.23. The van der Waals surface area contributed by atoms with Crippen molar-refractivity contribution in [3.8, 4) is 0 Å². The van der Waals surface area contributed by atoms with E-state index in [9.17, 15) is 0 Å². The molecule has 0 saturated heterocycles. The number of aliphatic imine (C=N–C) groups is 1. The van der Waals surface area contributed by atoms with Crippen molar-refractivity contribution in [2.45, 2.75) is 90.5 Å². The van der Waals surface area contributed by atoms with E-state index in [4.69, 9.17) is 4.74 Å². The fourth-order valence-corrected chi connectivity index (χ4v) is 2.53. The smallest absolute Gasteiger partial charge is 0.183 e. The second kappa shape index (κ2) is 11.5. The van der Waals surface area contributed by atoms with Gasteiger partial charge in [0.2, 0.25) is 0 Å². The summed E-state index contributed by atoms with van der Waals surface area (Å²) in [7, 11) is 0. The average Bonchev–Trinajstić information content (AvgIpc) is 2.83. The Balaban J connectivity index is 1.87. The van der Waals surface area contributed by atoms with Gasteiger partial charge in [-0.15, -0.1) is 0 Å². The first-order valence-electron chi connectivity index (χ1n) is 9.15. The first-order valence-corrected chi connectivity index (χ1v) is 9.15. The van der Waals surface area contributed by atoms with Gasteiger partial charge < -0.3 is 4.74 Å². The van der Waals surface area contributed by atoms with Gasteiger partial charge in [0.1, 0.15) is 6.61 Å². The van der Waals surface area contributed by atoms with Crippen molar-refractivity contribution >= 4 is 5.90 Å². The second-order valence-electron chi connectivity index (χ2n) is 6.88. The summed E-state index contributed by atoms with van der Waals surface area (Å²) >= 11 is 0. The van der Waals surface area contributed by atoms with Crippen LogP contribution in [0.15, 0.2) is 29.3 Å². The van der Waals surface area contributed by atoms with E-state index >= 15 is 0 Å². The number of nitrogens with zero attached hydrogens (tertiary/aromatic N) is 1. The molecule has 0 spiro atoms. The Bertz CT molecular complexity index is 366. The van der Waals surface area contributed by atoms with Crippen molar-refractivity contribution in [3.63, 3.8) is 0 Å². The Morgan fingerprint density at radius 2 is 1.64 bits per heavy atom. The molecule has 0 amide bonds. The molecule has 1 aliphatic rings. The molecule has 0 aromatic carbocycles. The maximum atomic E-state index is 5.61. The summed E-state index contributed by atoms with van der Waals surface area (Å²) in [4.78, 5) is 4.59. The highest BCUT2D eigenvalue weighted by atomic mass is 16.5. The molecule has 2 nitrogen and oxygen atoms in total. The van der Waals surface area contributed by atoms with E-state index in [1.54, 1.807) is 0 Å². The Labute approximate surface area is 137 Å². The van der Waals surface area contributed by atoms with Gasteiger partial charge in [0.15, 0.2) is 5.90 Å². The van der Waals surface area contributed by atoms with Crippen LogP contribution in [0.3, 0.4) is 0 Å². The lowest BCUT2D eigenvalue weighted by Gasteiger charge is -2.07. The van der Waals surface area contributed by atoms with Gasteiger partial charge in [-0.05, 0) is 46.0 Å². The lowest BCUT2D eigenvalue weighted by molar-refractivity contribution is 0.273. The van der Waals surface area contributed by atoms with E-state index in [-0.39, 0.29) is 5.54 Å². The largest absolute Gasteiger partial charge is 0.478 e. The van der Waals surface area contributed by atoms with Crippen LogP contribution in [0.2, 0.25) is 0 Å². The van der Waals surface area contributed by atoms with Crippen molar-refractivity contribution in [3.05, 3.63) is 24.3 Å². The zero-order valence-electron chi connectivity index (χ0n) is 14.9. The molecule has 22 heavy (non-hydrogen) atoms. The molecule has 0 unspecified atom stereocenters. The molecule has 2 heteroatoms. The summed E-state index contributed by atoms with van der Waals surface area (Å²) in [5, 5.41) is 0. The third-order valence-electron chi connectivity index (χ3n) is 3.84. The fourth-order valence-electron chi connectivity index (χ4n) is 2.53. The van der Waals surface area contributed by atoms with Gasteiger partial charge >= 0.3 is 0 Å². The molecule has 0 aromatic heterocycles. The molecule has 0 N–H and O–H groups in total. The van der Waals surface area contributed by atoms with Crippen LogP contribution in [-0.4, -0.2) is 18.0 Å². The topological polar surface area (TPSA) is 21.6 Å². The third kappa shape index (κ3) is 9.81. The Hall–Kier alpha value is -1.05. The van der Waals surface area contributed by atoms with E-state index in [1.165, 1.54) is 51.4 Å². The molecule has 126 valence electrons. The Kier molecular flexibility index (Phi) is 9.94. The first-order chi connectivity index (χ1) is 10.6. The number of hydrogen-bond donors (Lipinski definition) is 0. The van der Waals surface area contributed by atoms with Gasteiger partial charge in [0, 0.05) is 6.42 Å². The zero-order valence-corrected chi connectivity index (χ0v) is 14.9. The molecule has 1 heterocycles. The number of allylic oxidation sites excluding steroid dienone is 4. The van der Waals surface area contributed by atoms with Gasteiger partial charge in [-0.1, -0.05) is 56.9 Å². The summed E-state index contributed by atoms with van der Waals surface area (Å²) in [5.41, 5.74) is 0.00734. The fraction of sp³-hybridized carbons (Fsp3) is 0.750. The molecule has 1 aliphatic heterocycles. The SMILES string of the molecule is CCC/C=C/C/C=C/CCCCCCCC1=NC(C)(C)CO1. The van der Waals surface area contributed by atoms with Crippen LogP contribution >= 0.6 is 0 Å². The molecule has 0 aliphatic carbocycles. The average molecular weight is 306 g/mol. The highest BCUT2D eigenvalue weighted by Gasteiger charge is 2.25. The summed E-state index contributed by atoms with van der Waals surface area (Å²) in [5.74, 6) is 0.976. The van der Waals surface area contributed by atoms with Crippen LogP contribution in [0.25, 0.3) is 0 Å². The van der Waals surface area contributed by atoms with Crippen molar-refractivity contribution in [1.82, 2.24) is 0 Å².